The first-order chi connectivity index (χ1) is 14.2. The molecule has 0 spiro atoms. The molecule has 30 heavy (non-hydrogen) atoms. The number of nitro benzene ring substituents is 1. The molecule has 3 rings (SSSR count). The van der Waals surface area contributed by atoms with E-state index in [2.05, 4.69) is 37.2 Å². The Labute approximate surface area is 187 Å². The number of carbonyl (C=O) groups is 2. The van der Waals surface area contributed by atoms with E-state index in [1.54, 1.807) is 30.3 Å². The number of furan rings is 1. The Morgan fingerprint density at radius 2 is 1.73 bits per heavy atom. The summed E-state index contributed by atoms with van der Waals surface area (Å²) in [6, 6.07) is 12.4. The van der Waals surface area contributed by atoms with Crippen LogP contribution in [-0.2, 0) is 6.61 Å². The van der Waals surface area contributed by atoms with Crippen LogP contribution in [0.4, 0.5) is 11.4 Å². The van der Waals surface area contributed by atoms with Crippen molar-refractivity contribution in [3.8, 4) is 5.75 Å². The number of ether oxygens (including phenoxy) is 1. The van der Waals surface area contributed by atoms with Crippen molar-refractivity contribution in [1.29, 1.82) is 0 Å². The maximum Gasteiger partial charge on any atom is 0.291 e. The van der Waals surface area contributed by atoms with E-state index in [1.165, 1.54) is 25.1 Å². The van der Waals surface area contributed by atoms with Crippen LogP contribution < -0.4 is 10.1 Å². The molecule has 0 fully saturated rings. The molecule has 8 nitrogen and oxygen atoms in total. The number of carbonyl (C=O) groups excluding carboxylic acids is 2. The fourth-order valence-corrected chi connectivity index (χ4v) is 3.84. The Balaban J connectivity index is 1.65. The van der Waals surface area contributed by atoms with Crippen LogP contribution in [0.2, 0.25) is 0 Å². The quantitative estimate of drug-likeness (QED) is 0.233. The van der Waals surface area contributed by atoms with Crippen molar-refractivity contribution >= 4 is 54.9 Å². The summed E-state index contributed by atoms with van der Waals surface area (Å²) in [6.07, 6.45) is 0. The number of rotatable bonds is 7. The van der Waals surface area contributed by atoms with E-state index < -0.39 is 10.8 Å². The van der Waals surface area contributed by atoms with Crippen LogP contribution in [0.5, 0.6) is 5.75 Å². The summed E-state index contributed by atoms with van der Waals surface area (Å²) in [6.45, 7) is 1.58. The van der Waals surface area contributed by atoms with Crippen molar-refractivity contribution < 1.29 is 23.7 Å². The summed E-state index contributed by atoms with van der Waals surface area (Å²) in [5.41, 5.74) is 0.800. The zero-order chi connectivity index (χ0) is 21.8. The van der Waals surface area contributed by atoms with E-state index >= 15 is 0 Å². The van der Waals surface area contributed by atoms with Gasteiger partial charge in [0.2, 0.25) is 0 Å². The zero-order valence-corrected chi connectivity index (χ0v) is 18.7. The van der Waals surface area contributed by atoms with Crippen LogP contribution in [0.25, 0.3) is 0 Å². The van der Waals surface area contributed by atoms with Gasteiger partial charge in [-0.25, -0.2) is 0 Å². The highest BCUT2D eigenvalue weighted by molar-refractivity contribution is 9.11. The van der Waals surface area contributed by atoms with Crippen LogP contribution in [0.3, 0.4) is 0 Å². The van der Waals surface area contributed by atoms with Gasteiger partial charge in [0.05, 0.1) is 10.6 Å². The number of non-ortho nitro benzene ring substituents is 1. The molecule has 1 aromatic heterocycles. The number of nitro groups is 1. The van der Waals surface area contributed by atoms with E-state index in [0.717, 1.165) is 0 Å². The van der Waals surface area contributed by atoms with Gasteiger partial charge in [0.25, 0.3) is 11.6 Å². The molecule has 1 amide bonds. The van der Waals surface area contributed by atoms with E-state index in [1.807, 2.05) is 0 Å². The minimum absolute atomic E-state index is 0.0328. The summed E-state index contributed by atoms with van der Waals surface area (Å²) in [5.74, 6) is 0.480. The molecule has 0 atom stereocenters. The molecule has 10 heteroatoms. The van der Waals surface area contributed by atoms with Gasteiger partial charge in [-0.05, 0) is 75.2 Å². The predicted molar refractivity (Wildman–Crippen MR) is 116 cm³/mol. The topological polar surface area (TPSA) is 112 Å². The fraction of sp³-hybridized carbons (Fsp3) is 0.100. The Morgan fingerprint density at radius 3 is 2.30 bits per heavy atom. The predicted octanol–water partition coefficient (Wildman–Crippen LogP) is 5.75. The zero-order valence-electron chi connectivity index (χ0n) is 15.5. The molecule has 3 aromatic rings. The second-order valence-corrected chi connectivity index (χ2v) is 7.84. The first-order valence-electron chi connectivity index (χ1n) is 8.52. The van der Waals surface area contributed by atoms with Gasteiger partial charge in [-0.3, -0.25) is 19.7 Å². The van der Waals surface area contributed by atoms with Gasteiger partial charge in [-0.15, -0.1) is 0 Å². The van der Waals surface area contributed by atoms with Gasteiger partial charge < -0.3 is 14.5 Å². The van der Waals surface area contributed by atoms with Crippen molar-refractivity contribution in [2.45, 2.75) is 13.5 Å². The highest BCUT2D eigenvalue weighted by Crippen LogP contribution is 2.35. The molecule has 1 heterocycles. The Kier molecular flexibility index (Phi) is 6.68. The van der Waals surface area contributed by atoms with Crippen molar-refractivity contribution in [2.24, 2.45) is 0 Å². The third kappa shape index (κ3) is 5.14. The lowest BCUT2D eigenvalue weighted by Gasteiger charge is -2.08. The maximum atomic E-state index is 12.5. The Hall–Kier alpha value is -2.98. The van der Waals surface area contributed by atoms with Crippen molar-refractivity contribution in [1.82, 2.24) is 0 Å². The third-order valence-corrected chi connectivity index (χ3v) is 5.25. The maximum absolute atomic E-state index is 12.5. The summed E-state index contributed by atoms with van der Waals surface area (Å²) in [4.78, 5) is 34.1. The lowest BCUT2D eigenvalue weighted by Crippen LogP contribution is -2.12. The molecule has 1 N–H and O–H groups in total. The van der Waals surface area contributed by atoms with Crippen LogP contribution in [0.1, 0.15) is 33.6 Å². The minimum atomic E-state index is -0.534. The van der Waals surface area contributed by atoms with Gasteiger partial charge in [0.15, 0.2) is 11.5 Å². The molecule has 0 radical (unpaired) electrons. The number of anilines is 1. The number of nitrogens with one attached hydrogen (secondary N) is 1. The van der Waals surface area contributed by atoms with E-state index in [9.17, 15) is 19.7 Å². The number of Topliss-reactive ketones (excluding diaryl/α,β-unsaturated/α-hetero) is 1. The minimum Gasteiger partial charge on any atom is -0.486 e. The second-order valence-electron chi connectivity index (χ2n) is 6.13. The van der Waals surface area contributed by atoms with Crippen LogP contribution in [-0.4, -0.2) is 16.6 Å². The van der Waals surface area contributed by atoms with E-state index in [4.69, 9.17) is 9.15 Å². The molecule has 154 valence electrons. The fourth-order valence-electron chi connectivity index (χ4n) is 2.48. The number of hydrogen-bond donors (Lipinski definition) is 1. The number of halogens is 2. The summed E-state index contributed by atoms with van der Waals surface area (Å²) < 4.78 is 11.8. The average molecular weight is 538 g/mol. The van der Waals surface area contributed by atoms with Gasteiger partial charge in [-0.1, -0.05) is 0 Å². The number of ketones is 1. The SMILES string of the molecule is CC(=O)c1ccc(OCc2ccc(C(=O)Nc3c(Br)cc([N+](=O)[O-])cc3Br)o2)cc1. The van der Waals surface area contributed by atoms with Crippen molar-refractivity contribution in [3.63, 3.8) is 0 Å². The molecular formula is C20H14Br2N2O6. The first-order valence-corrected chi connectivity index (χ1v) is 10.1. The molecule has 0 aliphatic heterocycles. The van der Waals surface area contributed by atoms with E-state index in [-0.39, 0.29) is 23.8 Å². The van der Waals surface area contributed by atoms with Crippen molar-refractivity contribution in [3.05, 3.63) is 84.7 Å². The summed E-state index contributed by atoms with van der Waals surface area (Å²) >= 11 is 6.43. The van der Waals surface area contributed by atoms with Crippen LogP contribution in [0, 0.1) is 10.1 Å². The first kappa shape index (κ1) is 21.7. The third-order valence-electron chi connectivity index (χ3n) is 4.00. The lowest BCUT2D eigenvalue weighted by molar-refractivity contribution is -0.385. The standard InChI is InChI=1S/C20H14Br2N2O6/c1-11(25)12-2-4-14(5-3-12)29-10-15-6-7-18(30-15)20(26)23-19-16(21)8-13(24(27)28)9-17(19)22/h2-9H,10H2,1H3,(H,23,26). The monoisotopic (exact) mass is 536 g/mol. The highest BCUT2D eigenvalue weighted by Gasteiger charge is 2.18. The lowest BCUT2D eigenvalue weighted by atomic mass is 10.1. The largest absolute Gasteiger partial charge is 0.486 e. The average Bonchev–Trinajstić information content (AvgIpc) is 3.18. The van der Waals surface area contributed by atoms with Crippen molar-refractivity contribution in [2.75, 3.05) is 5.32 Å². The summed E-state index contributed by atoms with van der Waals surface area (Å²) in [7, 11) is 0. The molecule has 0 aliphatic rings. The van der Waals surface area contributed by atoms with Gasteiger partial charge in [0.1, 0.15) is 18.1 Å². The molecular weight excluding hydrogens is 524 g/mol. The van der Waals surface area contributed by atoms with Crippen LogP contribution >= 0.6 is 31.9 Å². The number of hydrogen-bond acceptors (Lipinski definition) is 6. The molecule has 0 saturated heterocycles. The second kappa shape index (κ2) is 9.23. The normalized spacial score (nSPS) is 10.5. The van der Waals surface area contributed by atoms with Crippen LogP contribution in [0.15, 0.2) is 61.9 Å². The highest BCUT2D eigenvalue weighted by atomic mass is 79.9. The molecule has 0 unspecified atom stereocenters. The van der Waals surface area contributed by atoms with Gasteiger partial charge >= 0.3 is 0 Å². The number of amides is 1. The molecule has 2 aromatic carbocycles. The Bertz CT molecular complexity index is 1100. The Morgan fingerprint density at radius 1 is 1.10 bits per heavy atom. The molecule has 0 aliphatic carbocycles. The van der Waals surface area contributed by atoms with Gasteiger partial charge in [0, 0.05) is 26.6 Å². The smallest absolute Gasteiger partial charge is 0.291 e. The summed E-state index contributed by atoms with van der Waals surface area (Å²) in [5, 5.41) is 13.6. The van der Waals surface area contributed by atoms with Gasteiger partial charge in [-0.2, -0.15) is 0 Å². The number of benzene rings is 2. The molecule has 0 bridgehead atoms. The van der Waals surface area contributed by atoms with E-state index in [0.29, 0.717) is 31.7 Å². The molecule has 0 saturated carbocycles. The number of nitrogens with zero attached hydrogens (tertiary/aromatic N) is 1.